The zero-order valence-corrected chi connectivity index (χ0v) is 18.6. The second-order valence-electron chi connectivity index (χ2n) is 7.67. The monoisotopic (exact) mass is 463 g/mol. The second kappa shape index (κ2) is 8.13. The Hall–Kier alpha value is -4.49. The minimum Gasteiger partial charge on any atom is -0.437 e. The summed E-state index contributed by atoms with van der Waals surface area (Å²) in [5, 5.41) is 3.63. The van der Waals surface area contributed by atoms with Crippen LogP contribution in [0.25, 0.3) is 27.1 Å². The van der Waals surface area contributed by atoms with Crippen LogP contribution in [-0.2, 0) is 9.59 Å². The maximum atomic E-state index is 13.4. The molecule has 0 aliphatic carbocycles. The predicted octanol–water partition coefficient (Wildman–Crippen LogP) is 5.93. The number of anilines is 2. The van der Waals surface area contributed by atoms with Crippen LogP contribution in [0.2, 0.25) is 0 Å². The van der Waals surface area contributed by atoms with Crippen LogP contribution >= 0.6 is 11.3 Å². The fraction of sp³-hybridized carbons (Fsp3) is 0. The molecule has 5 aromatic rings. The van der Waals surface area contributed by atoms with E-state index in [9.17, 15) is 9.59 Å². The number of para-hydroxylation sites is 2. The number of furan rings is 1. The van der Waals surface area contributed by atoms with Gasteiger partial charge < -0.3 is 4.42 Å². The number of hydrazine groups is 1. The van der Waals surface area contributed by atoms with Crippen LogP contribution in [0.4, 0.5) is 11.4 Å². The predicted molar refractivity (Wildman–Crippen MR) is 133 cm³/mol. The van der Waals surface area contributed by atoms with Gasteiger partial charge in [-0.3, -0.25) is 9.59 Å². The molecule has 0 atom stereocenters. The SMILES string of the molecule is O=C1C(=Cc2cc3sc(-c4ccccc4)nc3o2)C(=O)N(c2ccccc2)N1c1ccccc1. The molecule has 0 radical (unpaired) electrons. The third-order valence-corrected chi connectivity index (χ3v) is 6.50. The van der Waals surface area contributed by atoms with Crippen LogP contribution in [0.5, 0.6) is 0 Å². The van der Waals surface area contributed by atoms with E-state index in [-0.39, 0.29) is 5.57 Å². The summed E-state index contributed by atoms with van der Waals surface area (Å²) in [5.41, 5.74) is 2.72. The van der Waals surface area contributed by atoms with Crippen molar-refractivity contribution in [1.82, 2.24) is 4.98 Å². The van der Waals surface area contributed by atoms with E-state index < -0.39 is 11.8 Å². The molecule has 0 spiro atoms. The minimum atomic E-state index is -0.419. The molecule has 2 aromatic heterocycles. The first-order valence-corrected chi connectivity index (χ1v) is 11.5. The Bertz CT molecular complexity index is 1450. The lowest BCUT2D eigenvalue weighted by Crippen LogP contribution is -2.41. The quantitative estimate of drug-likeness (QED) is 0.245. The molecule has 7 heteroatoms. The summed E-state index contributed by atoms with van der Waals surface area (Å²) in [7, 11) is 0. The van der Waals surface area contributed by atoms with Gasteiger partial charge >= 0.3 is 0 Å². The fourth-order valence-corrected chi connectivity index (χ4v) is 4.84. The van der Waals surface area contributed by atoms with Crippen molar-refractivity contribution in [1.29, 1.82) is 0 Å². The van der Waals surface area contributed by atoms with Crippen LogP contribution in [0.15, 0.2) is 107 Å². The summed E-state index contributed by atoms with van der Waals surface area (Å²) in [6.07, 6.45) is 1.50. The fourth-order valence-electron chi connectivity index (χ4n) is 3.90. The Morgan fingerprint density at radius 3 is 1.79 bits per heavy atom. The van der Waals surface area contributed by atoms with Gasteiger partial charge in [0.15, 0.2) is 0 Å². The largest absolute Gasteiger partial charge is 0.437 e. The van der Waals surface area contributed by atoms with Crippen molar-refractivity contribution >= 4 is 51.0 Å². The number of hydrogen-bond donors (Lipinski definition) is 0. The van der Waals surface area contributed by atoms with Crippen molar-refractivity contribution in [3.63, 3.8) is 0 Å². The number of nitrogens with zero attached hydrogens (tertiary/aromatic N) is 3. The summed E-state index contributed by atoms with van der Waals surface area (Å²) >= 11 is 1.50. The number of rotatable bonds is 4. The van der Waals surface area contributed by atoms with E-state index in [1.807, 2.05) is 72.8 Å². The Kier molecular flexibility index (Phi) is 4.82. The first-order valence-electron chi connectivity index (χ1n) is 10.7. The Balaban J connectivity index is 1.40. The minimum absolute atomic E-state index is 0.0254. The van der Waals surface area contributed by atoms with Crippen LogP contribution < -0.4 is 10.0 Å². The lowest BCUT2D eigenvalue weighted by atomic mass is 10.2. The van der Waals surface area contributed by atoms with Crippen LogP contribution in [0.1, 0.15) is 5.76 Å². The Morgan fingerprint density at radius 1 is 0.735 bits per heavy atom. The van der Waals surface area contributed by atoms with Gasteiger partial charge in [-0.2, -0.15) is 0 Å². The van der Waals surface area contributed by atoms with Gasteiger partial charge in [0.05, 0.1) is 16.1 Å². The zero-order chi connectivity index (χ0) is 23.1. The van der Waals surface area contributed by atoms with E-state index in [2.05, 4.69) is 4.98 Å². The van der Waals surface area contributed by atoms with Crippen molar-refractivity contribution in [3.05, 3.63) is 108 Å². The first kappa shape index (κ1) is 20.1. The molecule has 6 rings (SSSR count). The lowest BCUT2D eigenvalue weighted by Gasteiger charge is -2.27. The number of hydrogen-bond acceptors (Lipinski definition) is 5. The number of carbonyl (C=O) groups is 2. The molecule has 164 valence electrons. The zero-order valence-electron chi connectivity index (χ0n) is 17.8. The Morgan fingerprint density at radius 2 is 1.26 bits per heavy atom. The molecule has 1 saturated heterocycles. The van der Waals surface area contributed by atoms with Gasteiger partial charge in [-0.15, -0.1) is 11.3 Å². The average Bonchev–Trinajstić information content (AvgIpc) is 3.52. The third-order valence-electron chi connectivity index (χ3n) is 5.46. The van der Waals surface area contributed by atoms with Crippen molar-refractivity contribution in [3.8, 4) is 10.6 Å². The van der Waals surface area contributed by atoms with Crippen molar-refractivity contribution in [2.45, 2.75) is 0 Å². The van der Waals surface area contributed by atoms with Gasteiger partial charge in [0.1, 0.15) is 16.3 Å². The van der Waals surface area contributed by atoms with Gasteiger partial charge in [-0.25, -0.2) is 15.0 Å². The highest BCUT2D eigenvalue weighted by Crippen LogP contribution is 2.35. The van der Waals surface area contributed by atoms with E-state index >= 15 is 0 Å². The highest BCUT2D eigenvalue weighted by molar-refractivity contribution is 7.21. The smallest absolute Gasteiger partial charge is 0.283 e. The van der Waals surface area contributed by atoms with E-state index in [0.29, 0.717) is 22.8 Å². The van der Waals surface area contributed by atoms with Gasteiger partial charge in [-0.1, -0.05) is 66.7 Å². The number of amides is 2. The molecule has 0 unspecified atom stereocenters. The Labute approximate surface area is 199 Å². The average molecular weight is 464 g/mol. The summed E-state index contributed by atoms with van der Waals surface area (Å²) in [4.78, 5) is 31.4. The summed E-state index contributed by atoms with van der Waals surface area (Å²) in [5.74, 6) is -0.427. The number of thiazole rings is 1. The summed E-state index contributed by atoms with van der Waals surface area (Å²) in [6.45, 7) is 0. The van der Waals surface area contributed by atoms with E-state index in [1.165, 1.54) is 27.4 Å². The number of aromatic nitrogens is 1. The molecule has 34 heavy (non-hydrogen) atoms. The molecule has 0 N–H and O–H groups in total. The van der Waals surface area contributed by atoms with E-state index in [4.69, 9.17) is 4.42 Å². The molecular weight excluding hydrogens is 446 g/mol. The number of benzene rings is 3. The highest BCUT2D eigenvalue weighted by Gasteiger charge is 2.43. The topological polar surface area (TPSA) is 66.7 Å². The maximum absolute atomic E-state index is 13.4. The third kappa shape index (κ3) is 3.39. The maximum Gasteiger partial charge on any atom is 0.283 e. The number of fused-ring (bicyclic) bond motifs is 1. The van der Waals surface area contributed by atoms with Crippen LogP contribution in [-0.4, -0.2) is 16.8 Å². The standard InChI is InChI=1S/C27H17N3O3S/c31-26-22(16-21-17-23-24(33-21)28-25(34-23)18-10-4-1-5-11-18)27(32)30(20-14-8-3-9-15-20)29(26)19-12-6-2-7-13-19/h1-17H. The molecule has 6 nitrogen and oxygen atoms in total. The first-order chi connectivity index (χ1) is 16.7. The van der Waals surface area contributed by atoms with Gasteiger partial charge in [0.25, 0.3) is 11.8 Å². The molecule has 1 aliphatic rings. The normalized spacial score (nSPS) is 13.8. The lowest BCUT2D eigenvalue weighted by molar-refractivity contribution is -0.116. The van der Waals surface area contributed by atoms with E-state index in [0.717, 1.165) is 15.3 Å². The highest BCUT2D eigenvalue weighted by atomic mass is 32.1. The van der Waals surface area contributed by atoms with Gasteiger partial charge in [0, 0.05) is 11.6 Å². The van der Waals surface area contributed by atoms with Crippen LogP contribution in [0, 0.1) is 0 Å². The second-order valence-corrected chi connectivity index (χ2v) is 8.70. The van der Waals surface area contributed by atoms with Crippen LogP contribution in [0.3, 0.4) is 0 Å². The molecule has 3 aromatic carbocycles. The molecule has 1 fully saturated rings. The summed E-state index contributed by atoms with van der Waals surface area (Å²) in [6, 6.07) is 29.9. The van der Waals surface area contributed by atoms with Crippen molar-refractivity contribution < 1.29 is 14.0 Å². The van der Waals surface area contributed by atoms with Gasteiger partial charge in [0.2, 0.25) is 5.71 Å². The molecule has 2 amide bonds. The molecular formula is C27H17N3O3S. The van der Waals surface area contributed by atoms with E-state index in [1.54, 1.807) is 24.3 Å². The van der Waals surface area contributed by atoms with Crippen molar-refractivity contribution in [2.24, 2.45) is 0 Å². The van der Waals surface area contributed by atoms with Crippen molar-refractivity contribution in [2.75, 3.05) is 10.0 Å². The molecule has 3 heterocycles. The molecule has 0 bridgehead atoms. The summed E-state index contributed by atoms with van der Waals surface area (Å²) < 4.78 is 6.74. The molecule has 1 aliphatic heterocycles. The number of carbonyl (C=O) groups excluding carboxylic acids is 2. The molecule has 0 saturated carbocycles. The van der Waals surface area contributed by atoms with Gasteiger partial charge in [-0.05, 0) is 30.3 Å².